The van der Waals surface area contributed by atoms with Crippen molar-refractivity contribution in [3.8, 4) is 0 Å². The summed E-state index contributed by atoms with van der Waals surface area (Å²) >= 11 is 1.45. The van der Waals surface area contributed by atoms with Gasteiger partial charge in [0.2, 0.25) is 5.13 Å². The first-order valence-electron chi connectivity index (χ1n) is 6.53. The predicted molar refractivity (Wildman–Crippen MR) is 76.7 cm³/mol. The van der Waals surface area contributed by atoms with Crippen molar-refractivity contribution in [1.82, 2.24) is 20.5 Å². The van der Waals surface area contributed by atoms with Crippen molar-refractivity contribution in [1.29, 1.82) is 0 Å². The molecule has 2 aromatic rings. The van der Waals surface area contributed by atoms with Crippen LogP contribution >= 0.6 is 11.3 Å². The number of pyridine rings is 1. The lowest BCUT2D eigenvalue weighted by Crippen LogP contribution is -2.31. The standard InChI is InChI=1S/C13H15N5OS/c1-8(10-3-2-6-14-7-10)15-12(19)16-13-18-17-11(20-13)9-4-5-9/h2-3,6-9H,4-5H2,1H3,(H2,15,16,18,19)/t8-/m0/s1. The molecule has 0 bridgehead atoms. The van der Waals surface area contributed by atoms with E-state index in [1.54, 1.807) is 12.4 Å². The number of hydrogen-bond acceptors (Lipinski definition) is 5. The van der Waals surface area contributed by atoms with Gasteiger partial charge in [-0.2, -0.15) is 0 Å². The molecule has 1 aliphatic rings. The predicted octanol–water partition coefficient (Wildman–Crippen LogP) is 2.69. The zero-order valence-corrected chi connectivity index (χ0v) is 11.9. The molecule has 2 amide bonds. The fourth-order valence-corrected chi connectivity index (χ4v) is 2.73. The highest BCUT2D eigenvalue weighted by Gasteiger charge is 2.27. The average Bonchev–Trinajstić information content (AvgIpc) is 3.20. The third-order valence-corrected chi connectivity index (χ3v) is 4.12. The van der Waals surface area contributed by atoms with E-state index in [0.29, 0.717) is 11.0 Å². The van der Waals surface area contributed by atoms with Crippen molar-refractivity contribution in [2.75, 3.05) is 5.32 Å². The van der Waals surface area contributed by atoms with Gasteiger partial charge in [0.15, 0.2) is 0 Å². The van der Waals surface area contributed by atoms with E-state index >= 15 is 0 Å². The first-order chi connectivity index (χ1) is 9.72. The minimum absolute atomic E-state index is 0.112. The number of carbonyl (C=O) groups excluding carboxylic acids is 1. The lowest BCUT2D eigenvalue weighted by molar-refractivity contribution is 0.249. The van der Waals surface area contributed by atoms with Crippen molar-refractivity contribution < 1.29 is 4.79 Å². The zero-order valence-electron chi connectivity index (χ0n) is 11.0. The molecule has 7 heteroatoms. The van der Waals surface area contributed by atoms with Gasteiger partial charge in [-0.15, -0.1) is 10.2 Å². The molecule has 2 aromatic heterocycles. The van der Waals surface area contributed by atoms with Crippen molar-refractivity contribution in [2.24, 2.45) is 0 Å². The number of nitrogens with one attached hydrogen (secondary N) is 2. The molecule has 0 spiro atoms. The average molecular weight is 289 g/mol. The second-order valence-electron chi connectivity index (χ2n) is 4.83. The van der Waals surface area contributed by atoms with E-state index in [1.807, 2.05) is 19.1 Å². The van der Waals surface area contributed by atoms with Crippen LogP contribution < -0.4 is 10.6 Å². The minimum atomic E-state index is -0.278. The van der Waals surface area contributed by atoms with E-state index in [2.05, 4.69) is 25.8 Å². The third-order valence-electron chi connectivity index (χ3n) is 3.12. The number of nitrogens with zero attached hydrogens (tertiary/aromatic N) is 3. The lowest BCUT2D eigenvalue weighted by atomic mass is 10.1. The van der Waals surface area contributed by atoms with Gasteiger partial charge in [0.25, 0.3) is 0 Å². The molecule has 6 nitrogen and oxygen atoms in total. The van der Waals surface area contributed by atoms with Gasteiger partial charge >= 0.3 is 6.03 Å². The molecule has 1 fully saturated rings. The molecule has 0 aliphatic heterocycles. The van der Waals surface area contributed by atoms with Gasteiger partial charge in [-0.05, 0) is 31.4 Å². The molecule has 0 saturated heterocycles. The second kappa shape index (κ2) is 5.54. The monoisotopic (exact) mass is 289 g/mol. The Morgan fingerprint density at radius 1 is 1.45 bits per heavy atom. The number of aromatic nitrogens is 3. The summed E-state index contributed by atoms with van der Waals surface area (Å²) in [6, 6.07) is 3.38. The van der Waals surface area contributed by atoms with E-state index < -0.39 is 0 Å². The van der Waals surface area contributed by atoms with E-state index in [1.165, 1.54) is 24.2 Å². The molecular weight excluding hydrogens is 274 g/mol. The maximum atomic E-state index is 11.9. The molecule has 2 N–H and O–H groups in total. The number of hydrogen-bond donors (Lipinski definition) is 2. The first-order valence-corrected chi connectivity index (χ1v) is 7.35. The van der Waals surface area contributed by atoms with E-state index in [0.717, 1.165) is 10.6 Å². The largest absolute Gasteiger partial charge is 0.331 e. The molecule has 2 heterocycles. The molecule has 0 aromatic carbocycles. The Morgan fingerprint density at radius 3 is 3.00 bits per heavy atom. The highest BCUT2D eigenvalue weighted by molar-refractivity contribution is 7.15. The SMILES string of the molecule is C[C@H](NC(=O)Nc1nnc(C2CC2)s1)c1cccnc1. The van der Waals surface area contributed by atoms with Crippen molar-refractivity contribution in [3.63, 3.8) is 0 Å². The third kappa shape index (κ3) is 3.11. The topological polar surface area (TPSA) is 79.8 Å². The Kier molecular flexibility index (Phi) is 3.60. The van der Waals surface area contributed by atoms with Crippen LogP contribution in [0.4, 0.5) is 9.93 Å². The van der Waals surface area contributed by atoms with Crippen LogP contribution in [-0.4, -0.2) is 21.2 Å². The van der Waals surface area contributed by atoms with Crippen molar-refractivity contribution >= 4 is 22.5 Å². The number of anilines is 1. The fourth-order valence-electron chi connectivity index (χ4n) is 1.83. The summed E-state index contributed by atoms with van der Waals surface area (Å²) in [7, 11) is 0. The number of rotatable bonds is 4. The van der Waals surface area contributed by atoms with Crippen LogP contribution in [0.5, 0.6) is 0 Å². The summed E-state index contributed by atoms with van der Waals surface area (Å²) < 4.78 is 0. The second-order valence-corrected chi connectivity index (χ2v) is 5.84. The Balaban J connectivity index is 1.56. The summed E-state index contributed by atoms with van der Waals surface area (Å²) in [6.45, 7) is 1.91. The van der Waals surface area contributed by atoms with Crippen molar-refractivity contribution in [3.05, 3.63) is 35.1 Å². The number of urea groups is 1. The smallest absolute Gasteiger partial charge is 0.321 e. The van der Waals surface area contributed by atoms with E-state index in [9.17, 15) is 4.79 Å². The van der Waals surface area contributed by atoms with Crippen LogP contribution in [0.15, 0.2) is 24.5 Å². The highest BCUT2D eigenvalue weighted by atomic mass is 32.1. The molecular formula is C13H15N5OS. The van der Waals surface area contributed by atoms with Crippen LogP contribution in [0, 0.1) is 0 Å². The van der Waals surface area contributed by atoms with E-state index in [-0.39, 0.29) is 12.1 Å². The van der Waals surface area contributed by atoms with Gasteiger partial charge < -0.3 is 5.32 Å². The fraction of sp³-hybridized carbons (Fsp3) is 0.385. The van der Waals surface area contributed by atoms with Crippen LogP contribution in [0.2, 0.25) is 0 Å². The summed E-state index contributed by atoms with van der Waals surface area (Å²) in [5, 5.41) is 15.2. The van der Waals surface area contributed by atoms with Gasteiger partial charge in [0, 0.05) is 18.3 Å². The number of carbonyl (C=O) groups is 1. The van der Waals surface area contributed by atoms with Gasteiger partial charge in [-0.3, -0.25) is 10.3 Å². The van der Waals surface area contributed by atoms with Gasteiger partial charge in [-0.25, -0.2) is 4.79 Å². The van der Waals surface area contributed by atoms with Gasteiger partial charge in [-0.1, -0.05) is 17.4 Å². The molecule has 1 atom stereocenters. The number of amides is 2. The molecule has 104 valence electrons. The summed E-state index contributed by atoms with van der Waals surface area (Å²) in [6.07, 6.45) is 5.80. The summed E-state index contributed by atoms with van der Waals surface area (Å²) in [4.78, 5) is 15.9. The zero-order chi connectivity index (χ0) is 13.9. The highest BCUT2D eigenvalue weighted by Crippen LogP contribution is 2.41. The molecule has 0 radical (unpaired) electrons. The van der Waals surface area contributed by atoms with Crippen LogP contribution in [0.1, 0.15) is 42.3 Å². The van der Waals surface area contributed by atoms with Crippen LogP contribution in [0.25, 0.3) is 0 Å². The molecule has 0 unspecified atom stereocenters. The molecule has 1 aliphatic carbocycles. The van der Waals surface area contributed by atoms with Gasteiger partial charge in [0.1, 0.15) is 5.01 Å². The van der Waals surface area contributed by atoms with Crippen molar-refractivity contribution in [2.45, 2.75) is 31.7 Å². The van der Waals surface area contributed by atoms with Crippen LogP contribution in [-0.2, 0) is 0 Å². The summed E-state index contributed by atoms with van der Waals surface area (Å²) in [5.41, 5.74) is 0.957. The minimum Gasteiger partial charge on any atom is -0.331 e. The first kappa shape index (κ1) is 13.0. The van der Waals surface area contributed by atoms with Crippen LogP contribution in [0.3, 0.4) is 0 Å². The van der Waals surface area contributed by atoms with E-state index in [4.69, 9.17) is 0 Å². The Hall–Kier alpha value is -2.02. The molecule has 3 rings (SSSR count). The maximum absolute atomic E-state index is 11.9. The normalized spacial score (nSPS) is 15.7. The Bertz CT molecular complexity index is 596. The quantitative estimate of drug-likeness (QED) is 0.907. The van der Waals surface area contributed by atoms with Gasteiger partial charge in [0.05, 0.1) is 6.04 Å². The summed E-state index contributed by atoms with van der Waals surface area (Å²) in [5.74, 6) is 0.556. The molecule has 1 saturated carbocycles. The lowest BCUT2D eigenvalue weighted by Gasteiger charge is -2.13. The Morgan fingerprint density at radius 2 is 2.30 bits per heavy atom. The Labute approximate surface area is 120 Å². The molecule has 20 heavy (non-hydrogen) atoms. The maximum Gasteiger partial charge on any atom is 0.321 e.